The lowest BCUT2D eigenvalue weighted by molar-refractivity contribution is -0.147. The minimum absolute atomic E-state index is 0.147. The number of hydrogen-bond acceptors (Lipinski definition) is 2. The van der Waals surface area contributed by atoms with Crippen LogP contribution in [-0.2, 0) is 16.0 Å². The molecule has 2 N–H and O–H groups in total. The fourth-order valence-corrected chi connectivity index (χ4v) is 2.91. The Morgan fingerprint density at radius 1 is 1.19 bits per heavy atom. The zero-order chi connectivity index (χ0) is 15.3. The van der Waals surface area contributed by atoms with E-state index in [-0.39, 0.29) is 5.91 Å². The van der Waals surface area contributed by atoms with Crippen molar-refractivity contribution in [3.63, 3.8) is 0 Å². The van der Waals surface area contributed by atoms with Crippen LogP contribution in [0, 0.1) is 6.92 Å². The highest BCUT2D eigenvalue weighted by molar-refractivity contribution is 5.87. The van der Waals surface area contributed by atoms with Gasteiger partial charge in [0.2, 0.25) is 5.91 Å². The predicted octanol–water partition coefficient (Wildman–Crippen LogP) is 2.83. The Labute approximate surface area is 125 Å². The van der Waals surface area contributed by atoms with Crippen LogP contribution in [0.15, 0.2) is 24.3 Å². The second-order valence-electron chi connectivity index (χ2n) is 5.98. The van der Waals surface area contributed by atoms with E-state index in [2.05, 4.69) is 29.6 Å². The molecule has 0 unspecified atom stereocenters. The van der Waals surface area contributed by atoms with Gasteiger partial charge in [0.15, 0.2) is 0 Å². The molecule has 1 amide bonds. The lowest BCUT2D eigenvalue weighted by atomic mass is 9.97. The maximum atomic E-state index is 12.0. The van der Waals surface area contributed by atoms with E-state index in [4.69, 9.17) is 0 Å². The lowest BCUT2D eigenvalue weighted by Gasteiger charge is -2.25. The summed E-state index contributed by atoms with van der Waals surface area (Å²) in [6.07, 6.45) is 4.80. The van der Waals surface area contributed by atoms with Gasteiger partial charge in [-0.2, -0.15) is 0 Å². The molecule has 0 saturated heterocycles. The van der Waals surface area contributed by atoms with E-state index >= 15 is 0 Å². The highest BCUT2D eigenvalue weighted by atomic mass is 16.4. The number of aryl methyl sites for hydroxylation is 2. The number of carbonyl (C=O) groups is 2. The third-order valence-electron chi connectivity index (χ3n) is 4.24. The molecule has 0 bridgehead atoms. The Balaban J connectivity index is 1.79. The van der Waals surface area contributed by atoms with Gasteiger partial charge in [0.05, 0.1) is 0 Å². The van der Waals surface area contributed by atoms with Gasteiger partial charge < -0.3 is 10.4 Å². The van der Waals surface area contributed by atoms with Crippen LogP contribution in [0.1, 0.15) is 49.7 Å². The van der Waals surface area contributed by atoms with Crippen LogP contribution in [0.3, 0.4) is 0 Å². The van der Waals surface area contributed by atoms with E-state index in [1.54, 1.807) is 0 Å². The predicted molar refractivity (Wildman–Crippen MR) is 81.1 cm³/mol. The summed E-state index contributed by atoms with van der Waals surface area (Å²) in [5, 5.41) is 12.1. The molecule has 0 aliphatic heterocycles. The van der Waals surface area contributed by atoms with Crippen molar-refractivity contribution in [3.05, 3.63) is 35.4 Å². The van der Waals surface area contributed by atoms with Crippen molar-refractivity contribution in [3.8, 4) is 0 Å². The Morgan fingerprint density at radius 3 is 2.38 bits per heavy atom. The van der Waals surface area contributed by atoms with Crippen molar-refractivity contribution in [2.75, 3.05) is 0 Å². The molecule has 1 fully saturated rings. The first-order valence-electron chi connectivity index (χ1n) is 7.62. The molecule has 2 rings (SSSR count). The summed E-state index contributed by atoms with van der Waals surface area (Å²) in [5.41, 5.74) is 1.42. The molecule has 0 atom stereocenters. The number of aliphatic carboxylic acids is 1. The van der Waals surface area contributed by atoms with Crippen LogP contribution in [0.25, 0.3) is 0 Å². The van der Waals surface area contributed by atoms with Crippen molar-refractivity contribution < 1.29 is 14.7 Å². The smallest absolute Gasteiger partial charge is 0.329 e. The average molecular weight is 289 g/mol. The van der Waals surface area contributed by atoms with Crippen molar-refractivity contribution in [2.24, 2.45) is 0 Å². The van der Waals surface area contributed by atoms with Crippen molar-refractivity contribution in [1.82, 2.24) is 5.32 Å². The zero-order valence-corrected chi connectivity index (χ0v) is 12.5. The number of carboxylic acid groups (broad SMARTS) is 1. The van der Waals surface area contributed by atoms with E-state index in [1.807, 2.05) is 6.92 Å². The largest absolute Gasteiger partial charge is 0.480 e. The molecule has 0 heterocycles. The van der Waals surface area contributed by atoms with Crippen LogP contribution in [-0.4, -0.2) is 22.5 Å². The third-order valence-corrected chi connectivity index (χ3v) is 4.24. The van der Waals surface area contributed by atoms with Crippen molar-refractivity contribution in [1.29, 1.82) is 0 Å². The molecule has 0 radical (unpaired) electrons. The normalized spacial score (nSPS) is 16.6. The van der Waals surface area contributed by atoms with E-state index in [0.717, 1.165) is 25.7 Å². The van der Waals surface area contributed by atoms with Gasteiger partial charge >= 0.3 is 5.97 Å². The van der Waals surface area contributed by atoms with E-state index in [9.17, 15) is 14.7 Å². The fraction of sp³-hybridized carbons (Fsp3) is 0.529. The minimum atomic E-state index is -1.01. The average Bonchev–Trinajstić information content (AvgIpc) is 2.91. The number of carbonyl (C=O) groups excluding carboxylic acids is 1. The summed E-state index contributed by atoms with van der Waals surface area (Å²) in [6.45, 7) is 2.05. The standard InChI is InChI=1S/C17H23NO3/c1-13-7-9-14(10-8-13)5-4-6-15(19)18-17(16(20)21)11-2-3-12-17/h7-10H,2-6,11-12H2,1H3,(H,18,19)(H,20,21). The fourth-order valence-electron chi connectivity index (χ4n) is 2.91. The van der Waals surface area contributed by atoms with Gasteiger partial charge in [0.1, 0.15) is 5.54 Å². The Bertz CT molecular complexity index is 501. The molecule has 0 spiro atoms. The van der Waals surface area contributed by atoms with Crippen LogP contribution in [0.5, 0.6) is 0 Å². The Hall–Kier alpha value is -1.84. The number of rotatable bonds is 6. The molecule has 4 nitrogen and oxygen atoms in total. The molecule has 1 aromatic carbocycles. The molecule has 114 valence electrons. The molecule has 1 aliphatic rings. The quantitative estimate of drug-likeness (QED) is 0.846. The lowest BCUT2D eigenvalue weighted by Crippen LogP contribution is -2.52. The van der Waals surface area contributed by atoms with Gasteiger partial charge in [-0.15, -0.1) is 0 Å². The van der Waals surface area contributed by atoms with Gasteiger partial charge in [-0.25, -0.2) is 4.79 Å². The van der Waals surface area contributed by atoms with Gasteiger partial charge in [0.25, 0.3) is 0 Å². The Morgan fingerprint density at radius 2 is 1.81 bits per heavy atom. The topological polar surface area (TPSA) is 66.4 Å². The zero-order valence-electron chi connectivity index (χ0n) is 12.5. The van der Waals surface area contributed by atoms with Crippen molar-refractivity contribution >= 4 is 11.9 Å². The SMILES string of the molecule is Cc1ccc(CCCC(=O)NC2(C(=O)O)CCCC2)cc1. The first kappa shape index (κ1) is 15.5. The van der Waals surface area contributed by atoms with Gasteiger partial charge in [0, 0.05) is 6.42 Å². The summed E-state index contributed by atoms with van der Waals surface area (Å²) < 4.78 is 0. The maximum Gasteiger partial charge on any atom is 0.329 e. The molecule has 1 saturated carbocycles. The molecular formula is C17H23NO3. The van der Waals surface area contributed by atoms with E-state index in [0.29, 0.717) is 19.3 Å². The summed E-state index contributed by atoms with van der Waals surface area (Å²) in [6, 6.07) is 8.27. The summed E-state index contributed by atoms with van der Waals surface area (Å²) in [5.74, 6) is -1.04. The minimum Gasteiger partial charge on any atom is -0.480 e. The van der Waals surface area contributed by atoms with Crippen LogP contribution in [0.2, 0.25) is 0 Å². The first-order valence-corrected chi connectivity index (χ1v) is 7.62. The number of carboxylic acids is 1. The van der Waals surface area contributed by atoms with Crippen LogP contribution < -0.4 is 5.32 Å². The molecule has 0 aromatic heterocycles. The number of benzene rings is 1. The van der Waals surface area contributed by atoms with Gasteiger partial charge in [-0.1, -0.05) is 42.7 Å². The highest BCUT2D eigenvalue weighted by Crippen LogP contribution is 2.30. The Kier molecular flexibility index (Phi) is 4.99. The van der Waals surface area contributed by atoms with Crippen molar-refractivity contribution in [2.45, 2.75) is 57.4 Å². The number of nitrogens with one attached hydrogen (secondary N) is 1. The molecule has 4 heteroatoms. The summed E-state index contributed by atoms with van der Waals surface area (Å²) in [7, 11) is 0. The summed E-state index contributed by atoms with van der Waals surface area (Å²) in [4.78, 5) is 23.4. The van der Waals surface area contributed by atoms with Gasteiger partial charge in [-0.3, -0.25) is 4.79 Å². The first-order chi connectivity index (χ1) is 10.0. The highest BCUT2D eigenvalue weighted by Gasteiger charge is 2.42. The molecule has 1 aliphatic carbocycles. The maximum absolute atomic E-state index is 12.0. The van der Waals surface area contributed by atoms with E-state index in [1.165, 1.54) is 11.1 Å². The monoisotopic (exact) mass is 289 g/mol. The summed E-state index contributed by atoms with van der Waals surface area (Å²) >= 11 is 0. The second-order valence-corrected chi connectivity index (χ2v) is 5.98. The van der Waals surface area contributed by atoms with Crippen LogP contribution in [0.4, 0.5) is 0 Å². The molecule has 1 aromatic rings. The van der Waals surface area contributed by atoms with Crippen LogP contribution >= 0.6 is 0 Å². The number of hydrogen-bond donors (Lipinski definition) is 2. The third kappa shape index (κ3) is 4.06. The molecular weight excluding hydrogens is 266 g/mol. The van der Waals surface area contributed by atoms with Gasteiger partial charge in [-0.05, 0) is 38.2 Å². The molecule has 21 heavy (non-hydrogen) atoms. The number of amides is 1. The second kappa shape index (κ2) is 6.74. The van der Waals surface area contributed by atoms with E-state index < -0.39 is 11.5 Å².